The van der Waals surface area contributed by atoms with Gasteiger partial charge in [-0.3, -0.25) is 9.59 Å². The number of hydrogen-bond donors (Lipinski definition) is 3. The summed E-state index contributed by atoms with van der Waals surface area (Å²) < 4.78 is 5.44. The second-order valence-corrected chi connectivity index (χ2v) is 17.2. The number of carbonyl (C=O) groups excluding carboxylic acids is 2. The summed E-state index contributed by atoms with van der Waals surface area (Å²) in [5, 5.41) is 22.9. The minimum atomic E-state index is -0.858. The van der Waals surface area contributed by atoms with Crippen LogP contribution in [0.1, 0.15) is 251 Å². The van der Waals surface area contributed by atoms with Crippen LogP contribution in [0, 0.1) is 0 Å². The van der Waals surface area contributed by atoms with E-state index in [0.717, 1.165) is 77.0 Å². The summed E-state index contributed by atoms with van der Waals surface area (Å²) in [5.74, 6) is -0.125. The highest BCUT2D eigenvalue weighted by Gasteiger charge is 2.18. The van der Waals surface area contributed by atoms with Gasteiger partial charge in [-0.05, 0) is 89.9 Å². The largest absolute Gasteiger partial charge is 0.466 e. The molecule has 0 radical (unpaired) electrons. The fourth-order valence-electron chi connectivity index (χ4n) is 7.38. The Balaban J connectivity index is 3.55. The standard InChI is InChI=1S/C53H97NO5/c1-3-5-7-9-11-13-15-16-17-20-23-27-31-35-39-43-47-53(58)59-48-44-40-36-32-28-24-21-18-19-22-26-30-34-38-42-46-52(57)54-50(49-55)51(56)45-41-37-33-29-25-14-12-10-8-6-4-2/h17-18,20-21,24,28,41,45,50-51,55-56H,3-16,19,22-23,25-27,29-40,42-44,46-49H2,1-2H3,(H,54,57)/b20-17-,21-18-,28-24-,45-41+. The monoisotopic (exact) mass is 828 g/mol. The lowest BCUT2D eigenvalue weighted by atomic mass is 10.1. The van der Waals surface area contributed by atoms with E-state index in [2.05, 4.69) is 55.6 Å². The average Bonchev–Trinajstić information content (AvgIpc) is 3.24. The normalized spacial score (nSPS) is 13.1. The van der Waals surface area contributed by atoms with Crippen LogP contribution in [0.3, 0.4) is 0 Å². The number of hydrogen-bond acceptors (Lipinski definition) is 5. The first kappa shape index (κ1) is 56.8. The van der Waals surface area contributed by atoms with Crippen LogP contribution in [0.4, 0.5) is 0 Å². The number of esters is 1. The highest BCUT2D eigenvalue weighted by molar-refractivity contribution is 5.76. The van der Waals surface area contributed by atoms with E-state index in [0.29, 0.717) is 19.4 Å². The number of allylic oxidation sites excluding steroid dienone is 7. The van der Waals surface area contributed by atoms with Crippen LogP contribution in [0.2, 0.25) is 0 Å². The van der Waals surface area contributed by atoms with Crippen molar-refractivity contribution in [2.24, 2.45) is 0 Å². The maximum atomic E-state index is 12.4. The zero-order chi connectivity index (χ0) is 43.0. The first-order valence-corrected chi connectivity index (χ1v) is 25.4. The van der Waals surface area contributed by atoms with E-state index in [-0.39, 0.29) is 18.5 Å². The van der Waals surface area contributed by atoms with Gasteiger partial charge in [0, 0.05) is 12.8 Å². The summed E-state index contributed by atoms with van der Waals surface area (Å²) in [6.45, 7) is 4.81. The molecule has 6 heteroatoms. The fraction of sp³-hybridized carbons (Fsp3) is 0.811. The molecule has 0 saturated heterocycles. The van der Waals surface area contributed by atoms with Crippen LogP contribution in [-0.2, 0) is 14.3 Å². The molecule has 0 bridgehead atoms. The fourth-order valence-corrected chi connectivity index (χ4v) is 7.38. The van der Waals surface area contributed by atoms with Crippen LogP contribution >= 0.6 is 0 Å². The van der Waals surface area contributed by atoms with Crippen molar-refractivity contribution in [1.82, 2.24) is 5.32 Å². The van der Waals surface area contributed by atoms with Crippen LogP contribution < -0.4 is 5.32 Å². The quantitative estimate of drug-likeness (QED) is 0.0246. The van der Waals surface area contributed by atoms with Crippen molar-refractivity contribution in [1.29, 1.82) is 0 Å². The Morgan fingerprint density at radius 1 is 0.475 bits per heavy atom. The molecule has 1 amide bonds. The van der Waals surface area contributed by atoms with E-state index in [4.69, 9.17) is 4.74 Å². The number of rotatable bonds is 46. The van der Waals surface area contributed by atoms with Crippen molar-refractivity contribution in [2.45, 2.75) is 264 Å². The van der Waals surface area contributed by atoms with Crippen molar-refractivity contribution in [2.75, 3.05) is 13.2 Å². The third-order valence-corrected chi connectivity index (χ3v) is 11.3. The molecular formula is C53H97NO5. The molecule has 0 aromatic carbocycles. The molecule has 0 heterocycles. The van der Waals surface area contributed by atoms with Crippen molar-refractivity contribution >= 4 is 11.9 Å². The molecule has 6 nitrogen and oxygen atoms in total. The van der Waals surface area contributed by atoms with Gasteiger partial charge >= 0.3 is 5.97 Å². The molecule has 0 aliphatic heterocycles. The predicted molar refractivity (Wildman–Crippen MR) is 255 cm³/mol. The number of aliphatic hydroxyl groups excluding tert-OH is 2. The molecule has 0 rings (SSSR count). The van der Waals surface area contributed by atoms with Gasteiger partial charge in [0.05, 0.1) is 25.4 Å². The molecule has 0 fully saturated rings. The number of ether oxygens (including phenoxy) is 1. The van der Waals surface area contributed by atoms with E-state index >= 15 is 0 Å². The molecule has 0 aromatic rings. The van der Waals surface area contributed by atoms with Crippen LogP contribution in [0.15, 0.2) is 48.6 Å². The Hall–Kier alpha value is -2.18. The SMILES string of the molecule is CCCCCCCCC/C=C\CCCCCCCC(=O)OCCCCC/C=C\C=C/CCCCCCCCC(=O)NC(CO)C(O)/C=C/CCCCCCCCCCC. The van der Waals surface area contributed by atoms with Gasteiger partial charge in [-0.25, -0.2) is 0 Å². The molecule has 0 aliphatic carbocycles. The third-order valence-electron chi connectivity index (χ3n) is 11.3. The van der Waals surface area contributed by atoms with Crippen LogP contribution in [0.25, 0.3) is 0 Å². The average molecular weight is 828 g/mol. The second kappa shape index (κ2) is 48.5. The molecule has 59 heavy (non-hydrogen) atoms. The van der Waals surface area contributed by atoms with Gasteiger partial charge in [-0.2, -0.15) is 0 Å². The highest BCUT2D eigenvalue weighted by Crippen LogP contribution is 2.14. The van der Waals surface area contributed by atoms with E-state index in [1.165, 1.54) is 148 Å². The Labute approximate surface area is 366 Å². The summed E-state index contributed by atoms with van der Waals surface area (Å²) in [7, 11) is 0. The van der Waals surface area contributed by atoms with Crippen molar-refractivity contribution in [3.63, 3.8) is 0 Å². The van der Waals surface area contributed by atoms with Gasteiger partial charge in [0.15, 0.2) is 0 Å². The highest BCUT2D eigenvalue weighted by atomic mass is 16.5. The molecule has 2 unspecified atom stereocenters. The molecule has 3 N–H and O–H groups in total. The lowest BCUT2D eigenvalue weighted by Crippen LogP contribution is -2.45. The van der Waals surface area contributed by atoms with Crippen molar-refractivity contribution in [3.05, 3.63) is 48.6 Å². The van der Waals surface area contributed by atoms with E-state index in [1.807, 2.05) is 6.08 Å². The number of unbranched alkanes of at least 4 members (excludes halogenated alkanes) is 30. The van der Waals surface area contributed by atoms with Gasteiger partial charge in [-0.15, -0.1) is 0 Å². The van der Waals surface area contributed by atoms with E-state index < -0.39 is 12.1 Å². The lowest BCUT2D eigenvalue weighted by molar-refractivity contribution is -0.143. The molecule has 0 aliphatic rings. The van der Waals surface area contributed by atoms with Crippen molar-refractivity contribution < 1.29 is 24.5 Å². The minimum absolute atomic E-state index is 0.0314. The zero-order valence-corrected chi connectivity index (χ0v) is 39.0. The van der Waals surface area contributed by atoms with Gasteiger partial charge in [0.25, 0.3) is 0 Å². The summed E-state index contributed by atoms with van der Waals surface area (Å²) >= 11 is 0. The van der Waals surface area contributed by atoms with Gasteiger partial charge in [0.2, 0.25) is 5.91 Å². The molecule has 0 saturated carbocycles. The Kier molecular flexibility index (Phi) is 46.7. The topological polar surface area (TPSA) is 95.9 Å². The first-order valence-electron chi connectivity index (χ1n) is 25.4. The summed E-state index contributed by atoms with van der Waals surface area (Å²) in [6, 6.07) is -0.644. The first-order chi connectivity index (χ1) is 29.0. The van der Waals surface area contributed by atoms with Crippen molar-refractivity contribution in [3.8, 4) is 0 Å². The second-order valence-electron chi connectivity index (χ2n) is 17.2. The van der Waals surface area contributed by atoms with Crippen LogP contribution in [0.5, 0.6) is 0 Å². The molecule has 344 valence electrons. The Bertz CT molecular complexity index is 1000. The van der Waals surface area contributed by atoms with E-state index in [9.17, 15) is 19.8 Å². The Morgan fingerprint density at radius 2 is 0.847 bits per heavy atom. The summed E-state index contributed by atoms with van der Waals surface area (Å²) in [6.07, 6.45) is 59.7. The Morgan fingerprint density at radius 3 is 1.31 bits per heavy atom. The zero-order valence-electron chi connectivity index (χ0n) is 39.0. The van der Waals surface area contributed by atoms with Gasteiger partial charge < -0.3 is 20.3 Å². The minimum Gasteiger partial charge on any atom is -0.466 e. The third kappa shape index (κ3) is 45.2. The number of carbonyl (C=O) groups is 2. The molecule has 0 aromatic heterocycles. The number of amides is 1. The molecular weight excluding hydrogens is 731 g/mol. The van der Waals surface area contributed by atoms with Crippen LogP contribution in [-0.4, -0.2) is 47.4 Å². The summed E-state index contributed by atoms with van der Waals surface area (Å²) in [4.78, 5) is 24.4. The number of nitrogens with one attached hydrogen (secondary N) is 1. The predicted octanol–water partition coefficient (Wildman–Crippen LogP) is 15.1. The number of aliphatic hydroxyl groups is 2. The van der Waals surface area contributed by atoms with Gasteiger partial charge in [0.1, 0.15) is 0 Å². The molecule has 0 spiro atoms. The molecule has 2 atom stereocenters. The van der Waals surface area contributed by atoms with Gasteiger partial charge in [-0.1, -0.05) is 197 Å². The maximum Gasteiger partial charge on any atom is 0.305 e. The maximum absolute atomic E-state index is 12.4. The van der Waals surface area contributed by atoms with E-state index in [1.54, 1.807) is 6.08 Å². The lowest BCUT2D eigenvalue weighted by Gasteiger charge is -2.20. The smallest absolute Gasteiger partial charge is 0.305 e. The summed E-state index contributed by atoms with van der Waals surface area (Å²) in [5.41, 5.74) is 0.